The number of hydrogen-bond acceptors (Lipinski definition) is 3. The fraction of sp³-hybridized carbons (Fsp3) is 0.929. The quantitative estimate of drug-likeness (QED) is 0.806. The Morgan fingerprint density at radius 3 is 2.78 bits per heavy atom. The van der Waals surface area contributed by atoms with Crippen molar-refractivity contribution < 1.29 is 4.79 Å². The van der Waals surface area contributed by atoms with Crippen molar-refractivity contribution in [2.75, 3.05) is 19.3 Å². The lowest BCUT2D eigenvalue weighted by Gasteiger charge is -2.30. The Morgan fingerprint density at radius 1 is 1.44 bits per heavy atom. The number of likely N-dealkylation sites (N-methyl/N-ethyl adjacent to an activating group) is 1. The summed E-state index contributed by atoms with van der Waals surface area (Å²) in [4.78, 5) is 14.0. The summed E-state index contributed by atoms with van der Waals surface area (Å²) in [6.45, 7) is 6.95. The molecule has 0 heterocycles. The van der Waals surface area contributed by atoms with E-state index in [1.54, 1.807) is 0 Å². The molecule has 0 unspecified atom stereocenters. The monoisotopic (exact) mass is 272 g/mol. The Kier molecular flexibility index (Phi) is 7.08. The maximum Gasteiger partial charge on any atom is 0.234 e. The lowest BCUT2D eigenvalue weighted by Crippen LogP contribution is -2.44. The maximum absolute atomic E-state index is 11.9. The molecule has 1 aliphatic carbocycles. The van der Waals surface area contributed by atoms with Gasteiger partial charge in [-0.05, 0) is 45.9 Å². The molecule has 0 bridgehead atoms. The van der Waals surface area contributed by atoms with Gasteiger partial charge in [-0.3, -0.25) is 9.69 Å². The van der Waals surface area contributed by atoms with Crippen LogP contribution in [0.2, 0.25) is 0 Å². The zero-order chi connectivity index (χ0) is 13.5. The van der Waals surface area contributed by atoms with Crippen molar-refractivity contribution >= 4 is 17.7 Å². The van der Waals surface area contributed by atoms with Gasteiger partial charge < -0.3 is 5.32 Å². The lowest BCUT2D eigenvalue weighted by atomic mass is 9.95. The van der Waals surface area contributed by atoms with Gasteiger partial charge in [0.25, 0.3) is 0 Å². The molecule has 18 heavy (non-hydrogen) atoms. The van der Waals surface area contributed by atoms with E-state index in [0.717, 1.165) is 18.1 Å². The zero-order valence-corrected chi connectivity index (χ0v) is 13.1. The molecule has 0 aliphatic heterocycles. The van der Waals surface area contributed by atoms with Crippen LogP contribution in [0, 0.1) is 0 Å². The number of rotatable bonds is 6. The predicted octanol–water partition coefficient (Wildman–Crippen LogP) is 2.51. The molecular weight excluding hydrogens is 244 g/mol. The van der Waals surface area contributed by atoms with Gasteiger partial charge >= 0.3 is 0 Å². The molecule has 0 aromatic rings. The van der Waals surface area contributed by atoms with Crippen LogP contribution in [0.15, 0.2) is 0 Å². The number of thioether (sulfide) groups is 1. The molecule has 0 saturated heterocycles. The summed E-state index contributed by atoms with van der Waals surface area (Å²) in [5.41, 5.74) is 0. The smallest absolute Gasteiger partial charge is 0.234 e. The second-order valence-corrected chi connectivity index (χ2v) is 7.09. The number of nitrogens with one attached hydrogen (secondary N) is 1. The number of hydrogen-bond donors (Lipinski definition) is 1. The van der Waals surface area contributed by atoms with Crippen LogP contribution in [0.4, 0.5) is 0 Å². The molecule has 0 spiro atoms. The van der Waals surface area contributed by atoms with Crippen LogP contribution in [-0.4, -0.2) is 47.5 Å². The third kappa shape index (κ3) is 5.61. The van der Waals surface area contributed by atoms with E-state index >= 15 is 0 Å². The topological polar surface area (TPSA) is 32.3 Å². The van der Waals surface area contributed by atoms with Crippen LogP contribution in [0.1, 0.15) is 46.5 Å². The molecule has 106 valence electrons. The first kappa shape index (κ1) is 15.8. The summed E-state index contributed by atoms with van der Waals surface area (Å²) in [5.74, 6) is 1.36. The van der Waals surface area contributed by atoms with Crippen LogP contribution in [0.25, 0.3) is 0 Å². The van der Waals surface area contributed by atoms with Crippen molar-refractivity contribution in [1.29, 1.82) is 0 Å². The number of nitrogens with zero attached hydrogens (tertiary/aromatic N) is 1. The minimum Gasteiger partial charge on any atom is -0.352 e. The summed E-state index contributed by atoms with van der Waals surface area (Å²) < 4.78 is 0. The average molecular weight is 272 g/mol. The van der Waals surface area contributed by atoms with Crippen molar-refractivity contribution in [3.05, 3.63) is 0 Å². The maximum atomic E-state index is 11.9. The van der Waals surface area contributed by atoms with Crippen LogP contribution in [-0.2, 0) is 4.79 Å². The Labute approximate surface area is 116 Å². The molecule has 0 aromatic heterocycles. The van der Waals surface area contributed by atoms with Crippen LogP contribution >= 0.6 is 11.8 Å². The summed E-state index contributed by atoms with van der Waals surface area (Å²) in [7, 11) is 2.00. The summed E-state index contributed by atoms with van der Waals surface area (Å²) in [5, 5.41) is 3.95. The molecule has 0 aromatic carbocycles. The van der Waals surface area contributed by atoms with Crippen molar-refractivity contribution in [2.24, 2.45) is 0 Å². The summed E-state index contributed by atoms with van der Waals surface area (Å²) in [6.07, 6.45) is 4.87. The van der Waals surface area contributed by atoms with Gasteiger partial charge in [0.1, 0.15) is 0 Å². The second kappa shape index (κ2) is 8.05. The minimum atomic E-state index is 0.179. The highest BCUT2D eigenvalue weighted by molar-refractivity contribution is 7.99. The molecule has 4 heteroatoms. The average Bonchev–Trinajstić information content (AvgIpc) is 2.29. The Morgan fingerprint density at radius 2 is 2.17 bits per heavy atom. The van der Waals surface area contributed by atoms with Gasteiger partial charge in [0.2, 0.25) is 5.91 Å². The SMILES string of the molecule is CCS[C@H]1CCC[C@H](NC(=O)CN(C)C(C)C)C1. The van der Waals surface area contributed by atoms with Gasteiger partial charge in [-0.25, -0.2) is 0 Å². The molecule has 1 fully saturated rings. The van der Waals surface area contributed by atoms with Crippen molar-refractivity contribution in [1.82, 2.24) is 10.2 Å². The van der Waals surface area contributed by atoms with E-state index in [4.69, 9.17) is 0 Å². The van der Waals surface area contributed by atoms with E-state index in [0.29, 0.717) is 18.6 Å². The number of amides is 1. The largest absolute Gasteiger partial charge is 0.352 e. The van der Waals surface area contributed by atoms with E-state index < -0.39 is 0 Å². The normalized spacial score (nSPS) is 24.6. The fourth-order valence-electron chi connectivity index (χ4n) is 2.35. The minimum absolute atomic E-state index is 0.179. The van der Waals surface area contributed by atoms with E-state index in [1.807, 2.05) is 18.8 Å². The molecule has 1 rings (SSSR count). The van der Waals surface area contributed by atoms with E-state index in [9.17, 15) is 4.79 Å². The Hall–Kier alpha value is -0.220. The van der Waals surface area contributed by atoms with Crippen LogP contribution in [0.5, 0.6) is 0 Å². The molecule has 3 nitrogen and oxygen atoms in total. The molecule has 1 aliphatic rings. The van der Waals surface area contributed by atoms with Crippen LogP contribution < -0.4 is 5.32 Å². The highest BCUT2D eigenvalue weighted by Gasteiger charge is 2.23. The van der Waals surface area contributed by atoms with E-state index in [1.165, 1.54) is 18.6 Å². The third-order valence-corrected chi connectivity index (χ3v) is 4.90. The van der Waals surface area contributed by atoms with Gasteiger partial charge in [-0.15, -0.1) is 0 Å². The highest BCUT2D eigenvalue weighted by Crippen LogP contribution is 2.28. The second-order valence-electron chi connectivity index (χ2n) is 5.52. The van der Waals surface area contributed by atoms with E-state index in [2.05, 4.69) is 31.0 Å². The predicted molar refractivity (Wildman–Crippen MR) is 80.1 cm³/mol. The summed E-state index contributed by atoms with van der Waals surface area (Å²) in [6, 6.07) is 0.821. The van der Waals surface area contributed by atoms with Crippen LogP contribution in [0.3, 0.4) is 0 Å². The first-order valence-corrected chi connectivity index (χ1v) is 8.19. The fourth-order valence-corrected chi connectivity index (χ4v) is 3.52. The van der Waals surface area contributed by atoms with Crippen molar-refractivity contribution in [3.63, 3.8) is 0 Å². The number of carbonyl (C=O) groups excluding carboxylic acids is 1. The zero-order valence-electron chi connectivity index (χ0n) is 12.2. The molecule has 1 N–H and O–H groups in total. The molecular formula is C14H28N2OS. The van der Waals surface area contributed by atoms with Gasteiger partial charge in [-0.2, -0.15) is 11.8 Å². The van der Waals surface area contributed by atoms with Crippen molar-refractivity contribution in [3.8, 4) is 0 Å². The first-order valence-electron chi connectivity index (χ1n) is 7.14. The van der Waals surface area contributed by atoms with Crippen molar-refractivity contribution in [2.45, 2.75) is 63.8 Å². The molecule has 1 amide bonds. The van der Waals surface area contributed by atoms with Gasteiger partial charge in [0, 0.05) is 17.3 Å². The highest BCUT2D eigenvalue weighted by atomic mass is 32.2. The number of carbonyl (C=O) groups is 1. The molecule has 2 atom stereocenters. The molecule has 0 radical (unpaired) electrons. The Balaban J connectivity index is 2.30. The third-order valence-electron chi connectivity index (χ3n) is 3.67. The standard InChI is InChI=1S/C14H28N2OS/c1-5-18-13-8-6-7-12(9-13)15-14(17)10-16(4)11(2)3/h11-13H,5-10H2,1-4H3,(H,15,17)/t12-,13-/m0/s1. The van der Waals surface area contributed by atoms with Gasteiger partial charge in [0.15, 0.2) is 0 Å². The Bertz CT molecular complexity index is 256. The van der Waals surface area contributed by atoms with Gasteiger partial charge in [-0.1, -0.05) is 13.3 Å². The lowest BCUT2D eigenvalue weighted by molar-refractivity contribution is -0.123. The van der Waals surface area contributed by atoms with Gasteiger partial charge in [0.05, 0.1) is 6.54 Å². The molecule has 1 saturated carbocycles. The first-order chi connectivity index (χ1) is 8.52. The van der Waals surface area contributed by atoms with E-state index in [-0.39, 0.29) is 5.91 Å². The summed E-state index contributed by atoms with van der Waals surface area (Å²) >= 11 is 2.04.